The summed E-state index contributed by atoms with van der Waals surface area (Å²) in [6.07, 6.45) is 1.39. The fourth-order valence-corrected chi connectivity index (χ4v) is 2.87. The number of nitrogens with one attached hydrogen (secondary N) is 1. The lowest BCUT2D eigenvalue weighted by molar-refractivity contribution is -0.181. The molecule has 0 unspecified atom stereocenters. The van der Waals surface area contributed by atoms with Crippen molar-refractivity contribution >= 4 is 6.03 Å². The standard InChI is InChI=1S/C16H21FN2O3/c1-12-2-3-13(10-14(12)17)11-18-15(20)19-6-4-16(5-7-19)21-8-9-22-16/h2-3,10H,4-9,11H2,1H3,(H,18,20). The van der Waals surface area contributed by atoms with Crippen molar-refractivity contribution in [1.82, 2.24) is 10.2 Å². The topological polar surface area (TPSA) is 50.8 Å². The number of piperidine rings is 1. The number of halogens is 1. The molecule has 22 heavy (non-hydrogen) atoms. The van der Waals surface area contributed by atoms with Crippen molar-refractivity contribution in [2.75, 3.05) is 26.3 Å². The molecule has 1 aromatic carbocycles. The maximum atomic E-state index is 13.5. The third kappa shape index (κ3) is 3.23. The summed E-state index contributed by atoms with van der Waals surface area (Å²) in [5, 5.41) is 2.83. The van der Waals surface area contributed by atoms with E-state index in [-0.39, 0.29) is 11.8 Å². The Labute approximate surface area is 129 Å². The van der Waals surface area contributed by atoms with Gasteiger partial charge in [0.1, 0.15) is 5.82 Å². The van der Waals surface area contributed by atoms with Gasteiger partial charge < -0.3 is 19.7 Å². The van der Waals surface area contributed by atoms with Crippen LogP contribution in [0.25, 0.3) is 0 Å². The molecule has 0 aromatic heterocycles. The number of benzene rings is 1. The second-order valence-electron chi connectivity index (χ2n) is 5.84. The number of likely N-dealkylation sites (tertiary alicyclic amines) is 1. The average molecular weight is 308 g/mol. The van der Waals surface area contributed by atoms with Crippen molar-refractivity contribution in [1.29, 1.82) is 0 Å². The summed E-state index contributed by atoms with van der Waals surface area (Å²) >= 11 is 0. The molecule has 1 aromatic rings. The van der Waals surface area contributed by atoms with E-state index in [1.165, 1.54) is 6.07 Å². The number of hydrogen-bond donors (Lipinski definition) is 1. The van der Waals surface area contributed by atoms with Crippen LogP contribution in [0.4, 0.5) is 9.18 Å². The number of hydrogen-bond acceptors (Lipinski definition) is 3. The fraction of sp³-hybridized carbons (Fsp3) is 0.562. The number of aryl methyl sites for hydroxylation is 1. The van der Waals surface area contributed by atoms with E-state index in [1.807, 2.05) is 6.07 Å². The predicted octanol–water partition coefficient (Wildman–Crippen LogP) is 2.18. The maximum absolute atomic E-state index is 13.5. The van der Waals surface area contributed by atoms with Crippen molar-refractivity contribution in [3.8, 4) is 0 Å². The Balaban J connectivity index is 1.49. The van der Waals surface area contributed by atoms with Gasteiger partial charge in [-0.15, -0.1) is 0 Å². The highest BCUT2D eigenvalue weighted by Gasteiger charge is 2.40. The average Bonchev–Trinajstić information content (AvgIpc) is 2.97. The van der Waals surface area contributed by atoms with E-state index < -0.39 is 5.79 Å². The zero-order valence-corrected chi connectivity index (χ0v) is 12.7. The van der Waals surface area contributed by atoms with E-state index >= 15 is 0 Å². The second kappa shape index (κ2) is 6.22. The molecule has 120 valence electrons. The van der Waals surface area contributed by atoms with E-state index in [0.717, 1.165) is 5.56 Å². The van der Waals surface area contributed by atoms with E-state index in [4.69, 9.17) is 9.47 Å². The van der Waals surface area contributed by atoms with E-state index in [0.29, 0.717) is 51.3 Å². The molecule has 3 rings (SSSR count). The van der Waals surface area contributed by atoms with Crippen molar-refractivity contribution in [2.45, 2.75) is 32.1 Å². The van der Waals surface area contributed by atoms with Gasteiger partial charge in [-0.25, -0.2) is 9.18 Å². The Hall–Kier alpha value is -1.66. The molecule has 0 atom stereocenters. The number of ether oxygens (including phenoxy) is 2. The molecule has 2 aliphatic rings. The summed E-state index contributed by atoms with van der Waals surface area (Å²) < 4.78 is 24.8. The minimum absolute atomic E-state index is 0.131. The maximum Gasteiger partial charge on any atom is 0.317 e. The summed E-state index contributed by atoms with van der Waals surface area (Å²) in [7, 11) is 0. The van der Waals surface area contributed by atoms with Crippen molar-refractivity contribution in [2.24, 2.45) is 0 Å². The molecule has 0 radical (unpaired) electrons. The minimum atomic E-state index is -0.475. The summed E-state index contributed by atoms with van der Waals surface area (Å²) in [4.78, 5) is 13.9. The third-order valence-corrected chi connectivity index (χ3v) is 4.31. The van der Waals surface area contributed by atoms with Crippen molar-refractivity contribution in [3.05, 3.63) is 35.1 Å². The van der Waals surface area contributed by atoms with E-state index in [9.17, 15) is 9.18 Å². The minimum Gasteiger partial charge on any atom is -0.347 e. The van der Waals surface area contributed by atoms with Gasteiger partial charge in [0.2, 0.25) is 0 Å². The van der Waals surface area contributed by atoms with Crippen molar-refractivity contribution in [3.63, 3.8) is 0 Å². The summed E-state index contributed by atoms with van der Waals surface area (Å²) in [5.41, 5.74) is 1.36. The highest BCUT2D eigenvalue weighted by molar-refractivity contribution is 5.74. The molecule has 0 bridgehead atoms. The molecule has 6 heteroatoms. The zero-order valence-electron chi connectivity index (χ0n) is 12.7. The van der Waals surface area contributed by atoms with Gasteiger partial charge in [0.05, 0.1) is 13.2 Å². The Kier molecular flexibility index (Phi) is 4.31. The van der Waals surface area contributed by atoms with Crippen molar-refractivity contribution < 1.29 is 18.7 Å². The summed E-state index contributed by atoms with van der Waals surface area (Å²) in [6.45, 7) is 4.51. The lowest BCUT2D eigenvalue weighted by atomic mass is 10.0. The monoisotopic (exact) mass is 308 g/mol. The third-order valence-electron chi connectivity index (χ3n) is 4.31. The molecular weight excluding hydrogens is 287 g/mol. The normalized spacial score (nSPS) is 20.4. The van der Waals surface area contributed by atoms with Crippen LogP contribution >= 0.6 is 0 Å². The Bertz CT molecular complexity index is 548. The number of rotatable bonds is 2. The van der Waals surface area contributed by atoms with Crippen LogP contribution in [-0.4, -0.2) is 43.0 Å². The fourth-order valence-electron chi connectivity index (χ4n) is 2.87. The molecule has 2 fully saturated rings. The summed E-state index contributed by atoms with van der Waals surface area (Å²) in [5.74, 6) is -0.723. The van der Waals surface area contributed by atoms with Crippen LogP contribution in [0, 0.1) is 12.7 Å². The molecule has 1 N–H and O–H groups in total. The van der Waals surface area contributed by atoms with Crippen LogP contribution in [0.1, 0.15) is 24.0 Å². The van der Waals surface area contributed by atoms with Gasteiger partial charge in [0, 0.05) is 32.5 Å². The quantitative estimate of drug-likeness (QED) is 0.911. The van der Waals surface area contributed by atoms with Crippen LogP contribution in [0.15, 0.2) is 18.2 Å². The Morgan fingerprint density at radius 1 is 1.32 bits per heavy atom. The first-order valence-corrected chi connectivity index (χ1v) is 7.64. The molecule has 1 spiro atoms. The first kappa shape index (κ1) is 15.2. The van der Waals surface area contributed by atoms with Crippen LogP contribution in [-0.2, 0) is 16.0 Å². The van der Waals surface area contributed by atoms with E-state index in [1.54, 1.807) is 17.9 Å². The number of nitrogens with zero attached hydrogens (tertiary/aromatic N) is 1. The molecule has 5 nitrogen and oxygen atoms in total. The lowest BCUT2D eigenvalue weighted by Gasteiger charge is -2.37. The summed E-state index contributed by atoms with van der Waals surface area (Å²) in [6, 6.07) is 4.87. The number of carbonyl (C=O) groups excluding carboxylic acids is 1. The second-order valence-corrected chi connectivity index (χ2v) is 5.84. The smallest absolute Gasteiger partial charge is 0.317 e. The molecule has 2 aliphatic heterocycles. The van der Waals surface area contributed by atoms with Gasteiger partial charge in [-0.2, -0.15) is 0 Å². The number of urea groups is 1. The SMILES string of the molecule is Cc1ccc(CNC(=O)N2CCC3(CC2)OCCO3)cc1F. The van der Waals surface area contributed by atoms with Gasteiger partial charge in [-0.05, 0) is 24.1 Å². The molecule has 2 amide bonds. The van der Waals surface area contributed by atoms with Gasteiger partial charge in [-0.1, -0.05) is 12.1 Å². The molecule has 2 saturated heterocycles. The largest absolute Gasteiger partial charge is 0.347 e. The molecule has 0 saturated carbocycles. The lowest BCUT2D eigenvalue weighted by Crippen LogP contribution is -2.50. The van der Waals surface area contributed by atoms with Crippen LogP contribution in [0.3, 0.4) is 0 Å². The number of carbonyl (C=O) groups is 1. The van der Waals surface area contributed by atoms with Gasteiger partial charge in [0.25, 0.3) is 0 Å². The van der Waals surface area contributed by atoms with Crippen LogP contribution in [0.2, 0.25) is 0 Å². The van der Waals surface area contributed by atoms with E-state index in [2.05, 4.69) is 5.32 Å². The van der Waals surface area contributed by atoms with Gasteiger partial charge in [0.15, 0.2) is 5.79 Å². The predicted molar refractivity (Wildman–Crippen MR) is 78.8 cm³/mol. The molecular formula is C16H21FN2O3. The van der Waals surface area contributed by atoms with Crippen LogP contribution < -0.4 is 5.32 Å². The molecule has 0 aliphatic carbocycles. The zero-order chi connectivity index (χ0) is 15.6. The van der Waals surface area contributed by atoms with Crippen LogP contribution in [0.5, 0.6) is 0 Å². The Morgan fingerprint density at radius 2 is 2.00 bits per heavy atom. The Morgan fingerprint density at radius 3 is 2.64 bits per heavy atom. The number of amides is 2. The van der Waals surface area contributed by atoms with Gasteiger partial charge >= 0.3 is 6.03 Å². The first-order valence-electron chi connectivity index (χ1n) is 7.64. The highest BCUT2D eigenvalue weighted by Crippen LogP contribution is 2.31. The first-order chi connectivity index (χ1) is 10.6. The highest BCUT2D eigenvalue weighted by atomic mass is 19.1. The molecule has 2 heterocycles. The van der Waals surface area contributed by atoms with Gasteiger partial charge in [-0.3, -0.25) is 0 Å².